The second-order valence-corrected chi connectivity index (χ2v) is 8.17. The first-order valence-corrected chi connectivity index (χ1v) is 10.7. The molecule has 33 heavy (non-hydrogen) atoms. The van der Waals surface area contributed by atoms with Crippen LogP contribution in [0.15, 0.2) is 30.6 Å². The summed E-state index contributed by atoms with van der Waals surface area (Å²) in [5, 5.41) is 15.3. The van der Waals surface area contributed by atoms with Crippen LogP contribution < -0.4 is 10.6 Å². The number of aromatic nitrogens is 2. The first-order chi connectivity index (χ1) is 15.8. The highest BCUT2D eigenvalue weighted by molar-refractivity contribution is 5.93. The third kappa shape index (κ3) is 6.68. The number of hydrogen-bond donors (Lipinski definition) is 2. The number of nitrogens with zero attached hydrogens (tertiary/aromatic N) is 4. The van der Waals surface area contributed by atoms with Gasteiger partial charge in [0.1, 0.15) is 12.1 Å². The van der Waals surface area contributed by atoms with Crippen molar-refractivity contribution in [3.8, 4) is 17.3 Å². The lowest BCUT2D eigenvalue weighted by Gasteiger charge is -2.23. The molecule has 0 saturated heterocycles. The number of rotatable bonds is 10. The number of benzene rings is 1. The Kier molecular flexibility index (Phi) is 7.87. The molecule has 3 rings (SSSR count). The summed E-state index contributed by atoms with van der Waals surface area (Å²) in [7, 11) is 3.18. The van der Waals surface area contributed by atoms with Gasteiger partial charge in [-0.3, -0.25) is 14.6 Å². The lowest BCUT2D eigenvalue weighted by atomic mass is 10.0. The van der Waals surface area contributed by atoms with Gasteiger partial charge in [-0.15, -0.1) is 0 Å². The summed E-state index contributed by atoms with van der Waals surface area (Å²) < 4.78 is 25.2. The second kappa shape index (κ2) is 10.8. The molecule has 2 aromatic rings. The first-order valence-electron chi connectivity index (χ1n) is 10.7. The zero-order valence-corrected chi connectivity index (χ0v) is 18.5. The number of anilines is 2. The molecule has 1 fully saturated rings. The van der Waals surface area contributed by atoms with Gasteiger partial charge >= 0.3 is 0 Å². The van der Waals surface area contributed by atoms with E-state index >= 15 is 0 Å². The van der Waals surface area contributed by atoms with Gasteiger partial charge in [0.2, 0.25) is 18.2 Å². The quantitative estimate of drug-likeness (QED) is 0.564. The van der Waals surface area contributed by atoms with E-state index in [4.69, 9.17) is 0 Å². The molecule has 1 atom stereocenters. The van der Waals surface area contributed by atoms with Gasteiger partial charge in [0, 0.05) is 32.0 Å². The molecule has 2 N–H and O–H groups in total. The van der Waals surface area contributed by atoms with Gasteiger partial charge in [-0.05, 0) is 37.8 Å². The van der Waals surface area contributed by atoms with Crippen molar-refractivity contribution in [1.29, 1.82) is 5.26 Å². The van der Waals surface area contributed by atoms with Crippen molar-refractivity contribution in [3.63, 3.8) is 0 Å². The maximum absolute atomic E-state index is 12.6. The Bertz CT molecular complexity index is 1030. The molecule has 8 nitrogen and oxygen atoms in total. The van der Waals surface area contributed by atoms with Crippen LogP contribution in [0, 0.1) is 17.2 Å². The smallest absolute Gasteiger partial charge is 0.244 e. The topological polar surface area (TPSA) is 111 Å². The number of nitriles is 1. The van der Waals surface area contributed by atoms with Gasteiger partial charge in [0.05, 0.1) is 29.3 Å². The van der Waals surface area contributed by atoms with E-state index in [1.165, 1.54) is 17.3 Å². The fraction of sp³-hybridized carbons (Fsp3) is 0.435. The summed E-state index contributed by atoms with van der Waals surface area (Å²) in [5.74, 6) is 0.0786. The minimum atomic E-state index is -2.44. The van der Waals surface area contributed by atoms with Crippen LogP contribution in [-0.4, -0.2) is 53.2 Å². The highest BCUT2D eigenvalue weighted by atomic mass is 19.3. The molecule has 0 spiro atoms. The molecule has 0 aliphatic heterocycles. The molecule has 0 bridgehead atoms. The summed E-state index contributed by atoms with van der Waals surface area (Å²) in [6.07, 6.45) is 2.37. The Morgan fingerprint density at radius 3 is 2.55 bits per heavy atom. The molecule has 1 aromatic carbocycles. The van der Waals surface area contributed by atoms with Gasteiger partial charge in [-0.1, -0.05) is 6.07 Å². The standard InChI is InChI=1S/C23H26F2N6O2/c1-31(2)23(33)17(4-3-5-20(24)25)29-18-10-15(8-9-16(18)11-26)19-12-28-21(13-27-19)30-22(32)14-6-7-14/h8-10,12-14,17,20,29H,3-7H2,1-2H3,(H,28,30,32). The molecular weight excluding hydrogens is 430 g/mol. The highest BCUT2D eigenvalue weighted by Crippen LogP contribution is 2.30. The van der Waals surface area contributed by atoms with Gasteiger partial charge in [0.15, 0.2) is 5.82 Å². The highest BCUT2D eigenvalue weighted by Gasteiger charge is 2.29. The number of amides is 2. The number of carbonyl (C=O) groups excluding carboxylic acids is 2. The van der Waals surface area contributed by atoms with Crippen molar-refractivity contribution in [2.45, 2.75) is 44.6 Å². The van der Waals surface area contributed by atoms with Crippen LogP contribution in [0.25, 0.3) is 11.3 Å². The molecule has 174 valence electrons. The minimum absolute atomic E-state index is 0.0529. The van der Waals surface area contributed by atoms with Crippen LogP contribution in [0.1, 0.15) is 37.7 Å². The number of alkyl halides is 2. The Morgan fingerprint density at radius 2 is 1.97 bits per heavy atom. The normalized spacial score (nSPS) is 13.8. The van der Waals surface area contributed by atoms with Crippen LogP contribution in [-0.2, 0) is 9.59 Å². The van der Waals surface area contributed by atoms with Gasteiger partial charge in [-0.2, -0.15) is 5.26 Å². The molecule has 2 amide bonds. The van der Waals surface area contributed by atoms with Crippen LogP contribution in [0.3, 0.4) is 0 Å². The van der Waals surface area contributed by atoms with E-state index in [0.29, 0.717) is 28.3 Å². The number of nitrogens with one attached hydrogen (secondary N) is 2. The zero-order valence-electron chi connectivity index (χ0n) is 18.5. The fourth-order valence-corrected chi connectivity index (χ4v) is 3.27. The molecule has 1 aliphatic rings. The zero-order chi connectivity index (χ0) is 24.0. The predicted molar refractivity (Wildman–Crippen MR) is 119 cm³/mol. The first kappa shape index (κ1) is 24.0. The van der Waals surface area contributed by atoms with Gasteiger partial charge < -0.3 is 15.5 Å². The molecule has 1 aliphatic carbocycles. The van der Waals surface area contributed by atoms with Crippen molar-refractivity contribution in [3.05, 3.63) is 36.2 Å². The van der Waals surface area contributed by atoms with Crippen LogP contribution in [0.5, 0.6) is 0 Å². The van der Waals surface area contributed by atoms with Crippen LogP contribution in [0.2, 0.25) is 0 Å². The summed E-state index contributed by atoms with van der Waals surface area (Å²) in [6, 6.07) is 6.30. The number of likely N-dealkylation sites (N-methyl/N-ethyl adjacent to an activating group) is 1. The molecular formula is C23H26F2N6O2. The molecule has 1 unspecified atom stereocenters. The third-order valence-electron chi connectivity index (χ3n) is 5.27. The van der Waals surface area contributed by atoms with Crippen LogP contribution >= 0.6 is 0 Å². The molecule has 1 aromatic heterocycles. The molecule has 10 heteroatoms. The average Bonchev–Trinajstić information content (AvgIpc) is 3.63. The average molecular weight is 456 g/mol. The predicted octanol–water partition coefficient (Wildman–Crippen LogP) is 3.67. The summed E-state index contributed by atoms with van der Waals surface area (Å²) >= 11 is 0. The van der Waals surface area contributed by atoms with E-state index in [1.54, 1.807) is 32.3 Å². The molecule has 1 heterocycles. The largest absolute Gasteiger partial charge is 0.373 e. The number of halogens is 2. The van der Waals surface area contributed by atoms with Gasteiger partial charge in [-0.25, -0.2) is 13.8 Å². The van der Waals surface area contributed by atoms with E-state index in [0.717, 1.165) is 12.8 Å². The number of carbonyl (C=O) groups is 2. The summed E-state index contributed by atoms with van der Waals surface area (Å²) in [4.78, 5) is 34.4. The van der Waals surface area contributed by atoms with E-state index in [9.17, 15) is 23.6 Å². The maximum atomic E-state index is 12.6. The van der Waals surface area contributed by atoms with E-state index < -0.39 is 12.5 Å². The summed E-state index contributed by atoms with van der Waals surface area (Å²) in [5.41, 5.74) is 1.87. The Labute approximate surface area is 191 Å². The van der Waals surface area contributed by atoms with Crippen molar-refractivity contribution < 1.29 is 18.4 Å². The summed E-state index contributed by atoms with van der Waals surface area (Å²) in [6.45, 7) is 0. The van der Waals surface area contributed by atoms with Crippen molar-refractivity contribution in [1.82, 2.24) is 14.9 Å². The molecule has 0 radical (unpaired) electrons. The molecule has 1 saturated carbocycles. The minimum Gasteiger partial charge on any atom is -0.373 e. The Morgan fingerprint density at radius 1 is 1.21 bits per heavy atom. The third-order valence-corrected chi connectivity index (χ3v) is 5.27. The second-order valence-electron chi connectivity index (χ2n) is 8.17. The Balaban J connectivity index is 1.79. The number of hydrogen-bond acceptors (Lipinski definition) is 6. The van der Waals surface area contributed by atoms with Crippen molar-refractivity contribution in [2.24, 2.45) is 5.92 Å². The lowest BCUT2D eigenvalue weighted by Crippen LogP contribution is -2.39. The van der Waals surface area contributed by atoms with Crippen molar-refractivity contribution in [2.75, 3.05) is 24.7 Å². The monoisotopic (exact) mass is 456 g/mol. The van der Waals surface area contributed by atoms with E-state index in [1.807, 2.05) is 0 Å². The van der Waals surface area contributed by atoms with Crippen LogP contribution in [0.4, 0.5) is 20.3 Å². The SMILES string of the molecule is CN(C)C(=O)C(CCCC(F)F)Nc1cc(-c2cnc(NC(=O)C3CC3)cn2)ccc1C#N. The van der Waals surface area contributed by atoms with E-state index in [2.05, 4.69) is 26.7 Å². The lowest BCUT2D eigenvalue weighted by molar-refractivity contribution is -0.129. The fourth-order valence-electron chi connectivity index (χ4n) is 3.27. The maximum Gasteiger partial charge on any atom is 0.244 e. The van der Waals surface area contributed by atoms with Crippen molar-refractivity contribution >= 4 is 23.3 Å². The van der Waals surface area contributed by atoms with Gasteiger partial charge in [0.25, 0.3) is 0 Å². The Hall–Kier alpha value is -3.61. The van der Waals surface area contributed by atoms with E-state index in [-0.39, 0.29) is 37.0 Å².